The molecule has 1 aliphatic heterocycles. The summed E-state index contributed by atoms with van der Waals surface area (Å²) in [5.74, 6) is 0.685. The van der Waals surface area contributed by atoms with Crippen LogP contribution in [0.1, 0.15) is 11.1 Å². The fraction of sp³-hybridized carbons (Fsp3) is 0.105. The lowest BCUT2D eigenvalue weighted by Gasteiger charge is -2.02. The Balaban J connectivity index is 1.87. The molecule has 6 heteroatoms. The van der Waals surface area contributed by atoms with Crippen molar-refractivity contribution in [3.8, 4) is 5.75 Å². The average Bonchev–Trinajstić information content (AvgIpc) is 2.95. The molecule has 0 atom stereocenters. The van der Waals surface area contributed by atoms with Gasteiger partial charge in [-0.05, 0) is 47.5 Å². The summed E-state index contributed by atoms with van der Waals surface area (Å²) in [4.78, 5) is 12.3. The molecule has 0 aromatic heterocycles. The van der Waals surface area contributed by atoms with Gasteiger partial charge >= 0.3 is 5.97 Å². The lowest BCUT2D eigenvalue weighted by Crippen LogP contribution is -1.98. The summed E-state index contributed by atoms with van der Waals surface area (Å²) >= 11 is 0. The van der Waals surface area contributed by atoms with Gasteiger partial charge < -0.3 is 9.47 Å². The van der Waals surface area contributed by atoms with Gasteiger partial charge in [0.05, 0.1) is 17.6 Å². The molecule has 0 fully saturated rings. The first kappa shape index (κ1) is 17.0. The predicted molar refractivity (Wildman–Crippen MR) is 94.6 cm³/mol. The number of ether oxygens (including phenoxy) is 2. The third-order valence-electron chi connectivity index (χ3n) is 3.74. The minimum absolute atomic E-state index is 0.243. The Labute approximate surface area is 146 Å². The van der Waals surface area contributed by atoms with Crippen LogP contribution >= 0.6 is 0 Å². The van der Waals surface area contributed by atoms with Gasteiger partial charge in [-0.2, -0.15) is 0 Å². The van der Waals surface area contributed by atoms with Crippen molar-refractivity contribution < 1.29 is 22.7 Å². The number of esters is 1. The molecule has 0 bridgehead atoms. The van der Waals surface area contributed by atoms with Gasteiger partial charge in [0.15, 0.2) is 9.84 Å². The standard InChI is InChI=1S/C19H16O5S/c1-23-15-7-5-14(6-8-15)18-12-16(24-19(18)20)11-13-3-9-17(10-4-13)25(2,21)22/h3-12H,1-2H3. The van der Waals surface area contributed by atoms with Crippen LogP contribution < -0.4 is 4.74 Å². The van der Waals surface area contributed by atoms with E-state index in [1.165, 1.54) is 12.1 Å². The Kier molecular flexibility index (Phi) is 4.46. The molecular formula is C19H16O5S. The van der Waals surface area contributed by atoms with E-state index < -0.39 is 15.8 Å². The molecule has 0 saturated carbocycles. The van der Waals surface area contributed by atoms with Crippen molar-refractivity contribution in [2.75, 3.05) is 13.4 Å². The predicted octanol–water partition coefficient (Wildman–Crippen LogP) is 3.08. The lowest BCUT2D eigenvalue weighted by atomic mass is 10.1. The maximum absolute atomic E-state index is 12.1. The molecule has 25 heavy (non-hydrogen) atoms. The molecule has 128 valence electrons. The molecule has 1 aliphatic rings. The Morgan fingerprint density at radius 1 is 1.00 bits per heavy atom. The third-order valence-corrected chi connectivity index (χ3v) is 4.86. The zero-order valence-electron chi connectivity index (χ0n) is 13.7. The minimum Gasteiger partial charge on any atom is -0.497 e. The van der Waals surface area contributed by atoms with Crippen LogP contribution in [0.4, 0.5) is 0 Å². The molecule has 0 radical (unpaired) electrons. The molecular weight excluding hydrogens is 340 g/mol. The van der Waals surface area contributed by atoms with Crippen LogP contribution in [0.5, 0.6) is 5.75 Å². The van der Waals surface area contributed by atoms with E-state index in [-0.39, 0.29) is 4.90 Å². The number of allylic oxidation sites excluding steroid dienone is 1. The first-order chi connectivity index (χ1) is 11.9. The van der Waals surface area contributed by atoms with Crippen molar-refractivity contribution in [1.82, 2.24) is 0 Å². The summed E-state index contributed by atoms with van der Waals surface area (Å²) in [6.45, 7) is 0. The highest BCUT2D eigenvalue weighted by Crippen LogP contribution is 2.28. The van der Waals surface area contributed by atoms with Crippen LogP contribution in [0.15, 0.2) is 65.3 Å². The van der Waals surface area contributed by atoms with Crippen LogP contribution in [-0.4, -0.2) is 27.8 Å². The van der Waals surface area contributed by atoms with E-state index in [9.17, 15) is 13.2 Å². The second kappa shape index (κ2) is 6.57. The maximum Gasteiger partial charge on any atom is 0.344 e. The Hall–Kier alpha value is -2.86. The van der Waals surface area contributed by atoms with Crippen molar-refractivity contribution >= 4 is 27.5 Å². The Morgan fingerprint density at radius 3 is 2.20 bits per heavy atom. The summed E-state index contributed by atoms with van der Waals surface area (Å²) in [7, 11) is -1.66. The quantitative estimate of drug-likeness (QED) is 0.788. The van der Waals surface area contributed by atoms with E-state index in [1.54, 1.807) is 55.7 Å². The highest BCUT2D eigenvalue weighted by atomic mass is 32.2. The summed E-state index contributed by atoms with van der Waals surface area (Å²) in [5.41, 5.74) is 1.94. The van der Waals surface area contributed by atoms with Crippen molar-refractivity contribution in [2.24, 2.45) is 0 Å². The van der Waals surface area contributed by atoms with Crippen molar-refractivity contribution in [1.29, 1.82) is 0 Å². The fourth-order valence-corrected chi connectivity index (χ4v) is 3.04. The van der Waals surface area contributed by atoms with Gasteiger partial charge in [0.1, 0.15) is 11.5 Å². The summed E-state index contributed by atoms with van der Waals surface area (Å²) < 4.78 is 33.3. The van der Waals surface area contributed by atoms with Crippen LogP contribution in [0.2, 0.25) is 0 Å². The van der Waals surface area contributed by atoms with Gasteiger partial charge in [-0.15, -0.1) is 0 Å². The van der Waals surface area contributed by atoms with Crippen molar-refractivity contribution in [2.45, 2.75) is 4.90 Å². The SMILES string of the molecule is COc1ccc(C2=CC(=Cc3ccc(S(C)(=O)=O)cc3)OC2=O)cc1. The highest BCUT2D eigenvalue weighted by Gasteiger charge is 2.22. The largest absolute Gasteiger partial charge is 0.497 e. The molecule has 5 nitrogen and oxygen atoms in total. The Morgan fingerprint density at radius 2 is 1.64 bits per heavy atom. The summed E-state index contributed by atoms with van der Waals surface area (Å²) in [6, 6.07) is 13.5. The lowest BCUT2D eigenvalue weighted by molar-refractivity contribution is -0.131. The minimum atomic E-state index is -3.23. The Bertz CT molecular complexity index is 965. The van der Waals surface area contributed by atoms with E-state index in [0.29, 0.717) is 17.1 Å². The van der Waals surface area contributed by atoms with Gasteiger partial charge in [0.25, 0.3) is 0 Å². The molecule has 2 aromatic carbocycles. The number of sulfone groups is 1. The molecule has 0 N–H and O–H groups in total. The molecule has 0 aliphatic carbocycles. The van der Waals surface area contributed by atoms with E-state index in [0.717, 1.165) is 17.4 Å². The number of methoxy groups -OCH3 is 1. The van der Waals surface area contributed by atoms with Crippen LogP contribution in [0.3, 0.4) is 0 Å². The molecule has 3 rings (SSSR count). The van der Waals surface area contributed by atoms with Gasteiger partial charge in [0, 0.05) is 6.26 Å². The molecule has 1 heterocycles. The molecule has 0 amide bonds. The van der Waals surface area contributed by atoms with Gasteiger partial charge in [-0.3, -0.25) is 0 Å². The van der Waals surface area contributed by atoms with Gasteiger partial charge in [-0.25, -0.2) is 13.2 Å². The topological polar surface area (TPSA) is 69.7 Å². The van der Waals surface area contributed by atoms with Crippen LogP contribution in [-0.2, 0) is 19.4 Å². The van der Waals surface area contributed by atoms with E-state index >= 15 is 0 Å². The number of hydrogen-bond donors (Lipinski definition) is 0. The summed E-state index contributed by atoms with van der Waals surface area (Å²) in [5, 5.41) is 0. The smallest absolute Gasteiger partial charge is 0.344 e. The first-order valence-corrected chi connectivity index (χ1v) is 9.36. The zero-order valence-corrected chi connectivity index (χ0v) is 14.5. The monoisotopic (exact) mass is 356 g/mol. The van der Waals surface area contributed by atoms with E-state index in [2.05, 4.69) is 0 Å². The fourth-order valence-electron chi connectivity index (χ4n) is 2.41. The maximum atomic E-state index is 12.1. The van der Waals surface area contributed by atoms with Gasteiger partial charge in [-0.1, -0.05) is 24.3 Å². The highest BCUT2D eigenvalue weighted by molar-refractivity contribution is 7.90. The van der Waals surface area contributed by atoms with E-state index in [1.807, 2.05) is 0 Å². The number of hydrogen-bond acceptors (Lipinski definition) is 5. The summed E-state index contributed by atoms with van der Waals surface area (Å²) in [6.07, 6.45) is 4.50. The second-order valence-electron chi connectivity index (χ2n) is 5.56. The number of carbonyl (C=O) groups is 1. The first-order valence-electron chi connectivity index (χ1n) is 7.47. The zero-order chi connectivity index (χ0) is 18.0. The van der Waals surface area contributed by atoms with Crippen molar-refractivity contribution in [3.05, 3.63) is 71.5 Å². The van der Waals surface area contributed by atoms with Crippen LogP contribution in [0.25, 0.3) is 11.6 Å². The van der Waals surface area contributed by atoms with Gasteiger partial charge in [0.2, 0.25) is 0 Å². The number of benzene rings is 2. The molecule has 0 unspecified atom stereocenters. The van der Waals surface area contributed by atoms with Crippen molar-refractivity contribution in [3.63, 3.8) is 0 Å². The van der Waals surface area contributed by atoms with Crippen LogP contribution in [0, 0.1) is 0 Å². The number of rotatable bonds is 4. The van der Waals surface area contributed by atoms with E-state index in [4.69, 9.17) is 9.47 Å². The second-order valence-corrected chi connectivity index (χ2v) is 7.58. The number of carbonyl (C=O) groups excluding carboxylic acids is 1. The normalized spacial score (nSPS) is 15.8. The average molecular weight is 356 g/mol. The molecule has 0 spiro atoms. The molecule has 2 aromatic rings. The molecule has 0 saturated heterocycles. The number of cyclic esters (lactones) is 1. The third kappa shape index (κ3) is 3.80.